The van der Waals surface area contributed by atoms with Crippen LogP contribution in [0.5, 0.6) is 0 Å². The molecule has 0 spiro atoms. The van der Waals surface area contributed by atoms with E-state index in [9.17, 15) is 4.79 Å². The summed E-state index contributed by atoms with van der Waals surface area (Å²) in [7, 11) is 0. The van der Waals surface area contributed by atoms with E-state index in [4.69, 9.17) is 23.2 Å². The van der Waals surface area contributed by atoms with E-state index < -0.39 is 5.38 Å². The van der Waals surface area contributed by atoms with Crippen molar-refractivity contribution in [2.24, 2.45) is 0 Å². The maximum Gasteiger partial charge on any atom is 0.152 e. The maximum atomic E-state index is 10.6. The molecule has 2 unspecified atom stereocenters. The monoisotopic (exact) mass is 152 g/mol. The van der Waals surface area contributed by atoms with Gasteiger partial charge in [0.1, 0.15) is 5.38 Å². The van der Waals surface area contributed by atoms with E-state index in [1.54, 1.807) is 0 Å². The van der Waals surface area contributed by atoms with E-state index in [1.165, 1.54) is 0 Å². The highest BCUT2D eigenvalue weighted by atomic mass is 35.5. The molecule has 1 rings (SSSR count). The molecule has 1 saturated carbocycles. The lowest BCUT2D eigenvalue weighted by Gasteiger charge is -1.98. The molecule has 1 fully saturated rings. The Hall–Kier alpha value is 0.250. The zero-order chi connectivity index (χ0) is 6.15. The first-order chi connectivity index (χ1) is 3.72. The molecule has 0 saturated heterocycles. The van der Waals surface area contributed by atoms with Crippen LogP contribution in [0.15, 0.2) is 0 Å². The van der Waals surface area contributed by atoms with E-state index in [0.717, 1.165) is 6.42 Å². The Morgan fingerprint density at radius 3 is 2.25 bits per heavy atom. The van der Waals surface area contributed by atoms with Crippen LogP contribution in [0, 0.1) is 0 Å². The van der Waals surface area contributed by atoms with E-state index in [1.807, 2.05) is 0 Å². The minimum absolute atomic E-state index is 0.0895. The molecule has 1 aliphatic carbocycles. The van der Waals surface area contributed by atoms with Crippen molar-refractivity contribution in [3.8, 4) is 0 Å². The molecule has 0 aromatic heterocycles. The van der Waals surface area contributed by atoms with Gasteiger partial charge in [-0.2, -0.15) is 0 Å². The van der Waals surface area contributed by atoms with Crippen LogP contribution >= 0.6 is 23.2 Å². The Kier molecular flexibility index (Phi) is 1.78. The number of halogens is 2. The summed E-state index contributed by atoms with van der Waals surface area (Å²) >= 11 is 11.1. The fourth-order valence-corrected chi connectivity index (χ4v) is 1.25. The SMILES string of the molecule is O=C1CCC(Cl)C1Cl. The lowest BCUT2D eigenvalue weighted by molar-refractivity contribution is -0.117. The van der Waals surface area contributed by atoms with E-state index in [2.05, 4.69) is 0 Å². The van der Waals surface area contributed by atoms with Gasteiger partial charge >= 0.3 is 0 Å². The molecule has 0 aliphatic heterocycles. The van der Waals surface area contributed by atoms with Crippen LogP contribution in [0.25, 0.3) is 0 Å². The molecular weight excluding hydrogens is 147 g/mol. The average molecular weight is 153 g/mol. The highest BCUT2D eigenvalue weighted by Gasteiger charge is 2.30. The lowest BCUT2D eigenvalue weighted by atomic mass is 10.3. The molecular formula is C5H6Cl2O. The largest absolute Gasteiger partial charge is 0.298 e. The number of rotatable bonds is 0. The zero-order valence-corrected chi connectivity index (χ0v) is 5.74. The number of hydrogen-bond acceptors (Lipinski definition) is 1. The van der Waals surface area contributed by atoms with Crippen molar-refractivity contribution in [3.63, 3.8) is 0 Å². The quantitative estimate of drug-likeness (QED) is 0.482. The van der Waals surface area contributed by atoms with E-state index in [0.29, 0.717) is 6.42 Å². The van der Waals surface area contributed by atoms with Crippen molar-refractivity contribution in [2.75, 3.05) is 0 Å². The third-order valence-corrected chi connectivity index (χ3v) is 2.44. The molecule has 0 aromatic rings. The molecule has 1 aliphatic rings. The Morgan fingerprint density at radius 1 is 1.50 bits per heavy atom. The third-order valence-electron chi connectivity index (χ3n) is 1.29. The normalized spacial score (nSPS) is 38.5. The predicted molar refractivity (Wildman–Crippen MR) is 33.5 cm³/mol. The summed E-state index contributed by atoms with van der Waals surface area (Å²) in [5, 5.41) is -0.541. The Bertz CT molecular complexity index is 113. The molecule has 3 heteroatoms. The van der Waals surface area contributed by atoms with Crippen molar-refractivity contribution in [1.29, 1.82) is 0 Å². The van der Waals surface area contributed by atoms with Gasteiger partial charge in [0.15, 0.2) is 5.78 Å². The topological polar surface area (TPSA) is 17.1 Å². The fourth-order valence-electron chi connectivity index (χ4n) is 0.766. The number of Topliss-reactive ketones (excluding diaryl/α,β-unsaturated/α-hetero) is 1. The number of carbonyl (C=O) groups excluding carboxylic acids is 1. The van der Waals surface area contributed by atoms with Crippen molar-refractivity contribution < 1.29 is 4.79 Å². The molecule has 0 bridgehead atoms. The molecule has 0 N–H and O–H groups in total. The lowest BCUT2D eigenvalue weighted by Crippen LogP contribution is -2.13. The molecule has 46 valence electrons. The first kappa shape index (κ1) is 6.37. The van der Waals surface area contributed by atoms with Crippen molar-refractivity contribution in [1.82, 2.24) is 0 Å². The summed E-state index contributed by atoms with van der Waals surface area (Å²) in [6.45, 7) is 0. The van der Waals surface area contributed by atoms with E-state index >= 15 is 0 Å². The molecule has 0 heterocycles. The number of hydrogen-bond donors (Lipinski definition) is 0. The second kappa shape index (κ2) is 2.24. The van der Waals surface area contributed by atoms with Gasteiger partial charge < -0.3 is 0 Å². The van der Waals surface area contributed by atoms with Crippen LogP contribution in [-0.2, 0) is 4.79 Å². The molecule has 8 heavy (non-hydrogen) atoms. The van der Waals surface area contributed by atoms with Crippen LogP contribution < -0.4 is 0 Å². The number of carbonyl (C=O) groups is 1. The van der Waals surface area contributed by atoms with Crippen molar-refractivity contribution in [2.45, 2.75) is 23.6 Å². The van der Waals surface area contributed by atoms with E-state index in [-0.39, 0.29) is 11.2 Å². The second-order valence-electron chi connectivity index (χ2n) is 1.92. The highest BCUT2D eigenvalue weighted by molar-refractivity contribution is 6.38. The van der Waals surface area contributed by atoms with Gasteiger partial charge in [0.25, 0.3) is 0 Å². The molecule has 0 aromatic carbocycles. The van der Waals surface area contributed by atoms with Gasteiger partial charge in [0.2, 0.25) is 0 Å². The highest BCUT2D eigenvalue weighted by Crippen LogP contribution is 2.25. The van der Waals surface area contributed by atoms with Gasteiger partial charge in [0.05, 0.1) is 5.38 Å². The summed E-state index contributed by atoms with van der Waals surface area (Å²) in [6, 6.07) is 0. The van der Waals surface area contributed by atoms with Gasteiger partial charge in [-0.1, -0.05) is 0 Å². The predicted octanol–water partition coefficient (Wildman–Crippen LogP) is 1.56. The number of ketones is 1. The average Bonchev–Trinajstić information content (AvgIpc) is 1.98. The Labute approximate surface area is 58.0 Å². The smallest absolute Gasteiger partial charge is 0.152 e. The minimum Gasteiger partial charge on any atom is -0.298 e. The fraction of sp³-hybridized carbons (Fsp3) is 0.800. The zero-order valence-electron chi connectivity index (χ0n) is 4.23. The van der Waals surface area contributed by atoms with Crippen LogP contribution in [0.2, 0.25) is 0 Å². The Morgan fingerprint density at radius 2 is 2.12 bits per heavy atom. The van der Waals surface area contributed by atoms with Gasteiger partial charge in [-0.05, 0) is 6.42 Å². The van der Waals surface area contributed by atoms with Gasteiger partial charge in [-0.15, -0.1) is 23.2 Å². The van der Waals surface area contributed by atoms with Gasteiger partial charge in [-0.25, -0.2) is 0 Å². The van der Waals surface area contributed by atoms with Gasteiger partial charge in [0, 0.05) is 6.42 Å². The molecule has 2 atom stereocenters. The van der Waals surface area contributed by atoms with Crippen LogP contribution in [0.4, 0.5) is 0 Å². The van der Waals surface area contributed by atoms with Gasteiger partial charge in [-0.3, -0.25) is 4.79 Å². The molecule has 0 radical (unpaired) electrons. The number of alkyl halides is 2. The molecule has 1 nitrogen and oxygen atoms in total. The third kappa shape index (κ3) is 0.981. The summed E-state index contributed by atoms with van der Waals surface area (Å²) in [5.74, 6) is 0.0895. The standard InChI is InChI=1S/C5H6Cl2O/c6-3-1-2-4(8)5(3)7/h3,5H,1-2H2. The summed E-state index contributed by atoms with van der Waals surface area (Å²) in [5.41, 5.74) is 0. The minimum atomic E-state index is -0.420. The first-order valence-corrected chi connectivity index (χ1v) is 3.40. The summed E-state index contributed by atoms with van der Waals surface area (Å²) in [4.78, 5) is 10.6. The molecule has 0 amide bonds. The second-order valence-corrected chi connectivity index (χ2v) is 2.95. The summed E-state index contributed by atoms with van der Waals surface area (Å²) in [6.07, 6.45) is 1.30. The maximum absolute atomic E-state index is 10.6. The Balaban J connectivity index is 2.56. The van der Waals surface area contributed by atoms with Crippen LogP contribution in [0.3, 0.4) is 0 Å². The van der Waals surface area contributed by atoms with Crippen molar-refractivity contribution in [3.05, 3.63) is 0 Å². The van der Waals surface area contributed by atoms with Crippen molar-refractivity contribution >= 4 is 29.0 Å². The summed E-state index contributed by atoms with van der Waals surface area (Å²) < 4.78 is 0. The first-order valence-electron chi connectivity index (χ1n) is 2.52. The van der Waals surface area contributed by atoms with Crippen LogP contribution in [-0.4, -0.2) is 16.5 Å². The van der Waals surface area contributed by atoms with Crippen LogP contribution in [0.1, 0.15) is 12.8 Å².